The molecule has 3 rings (SSSR count). The Morgan fingerprint density at radius 2 is 1.70 bits per heavy atom. The number of ketones is 1. The molecule has 0 heterocycles. The van der Waals surface area contributed by atoms with Crippen molar-refractivity contribution in [1.29, 1.82) is 0 Å². The summed E-state index contributed by atoms with van der Waals surface area (Å²) in [6.45, 7) is 8.18. The van der Waals surface area contributed by atoms with Gasteiger partial charge in [0.25, 0.3) is 0 Å². The van der Waals surface area contributed by atoms with Gasteiger partial charge in [0, 0.05) is 12.3 Å². The molecule has 0 aromatic heterocycles. The largest absolute Gasteiger partial charge is 0.299 e. The van der Waals surface area contributed by atoms with Gasteiger partial charge in [0.2, 0.25) is 0 Å². The fourth-order valence-corrected chi connectivity index (χ4v) is 4.28. The van der Waals surface area contributed by atoms with Gasteiger partial charge >= 0.3 is 0 Å². The first-order valence-electron chi connectivity index (χ1n) is 10.4. The van der Waals surface area contributed by atoms with Gasteiger partial charge in [-0.15, -0.1) is 6.58 Å². The van der Waals surface area contributed by atoms with Gasteiger partial charge in [-0.05, 0) is 86.6 Å². The highest BCUT2D eigenvalue weighted by Gasteiger charge is 2.24. The first-order valence-corrected chi connectivity index (χ1v) is 10.4. The van der Waals surface area contributed by atoms with Crippen molar-refractivity contribution in [1.82, 2.24) is 0 Å². The predicted molar refractivity (Wildman–Crippen MR) is 114 cm³/mol. The number of carbonyl (C=O) groups is 1. The summed E-state index contributed by atoms with van der Waals surface area (Å²) in [4.78, 5) is 12.4. The first-order chi connectivity index (χ1) is 13.1. The molecule has 0 radical (unpaired) electrons. The molecule has 1 nitrogen and oxygen atoms in total. The predicted octanol–water partition coefficient (Wildman–Crippen LogP) is 6.12. The summed E-state index contributed by atoms with van der Waals surface area (Å²) in [6, 6.07) is 13.6. The van der Waals surface area contributed by atoms with E-state index < -0.39 is 0 Å². The maximum Gasteiger partial charge on any atom is 0.136 e. The fourth-order valence-electron chi connectivity index (χ4n) is 4.28. The Morgan fingerprint density at radius 3 is 2.41 bits per heavy atom. The van der Waals surface area contributed by atoms with Crippen molar-refractivity contribution in [3.63, 3.8) is 0 Å². The van der Waals surface area contributed by atoms with E-state index >= 15 is 0 Å². The van der Waals surface area contributed by atoms with E-state index in [9.17, 15) is 4.79 Å². The van der Waals surface area contributed by atoms with Crippen LogP contribution in [0.5, 0.6) is 0 Å². The number of Topliss-reactive ketones (excluding diaryl/α,β-unsaturated/α-hetero) is 1. The Hall–Kier alpha value is -2.15. The van der Waals surface area contributed by atoms with Gasteiger partial charge < -0.3 is 0 Å². The highest BCUT2D eigenvalue weighted by Crippen LogP contribution is 2.29. The van der Waals surface area contributed by atoms with Crippen LogP contribution in [0, 0.1) is 19.8 Å². The van der Waals surface area contributed by atoms with Gasteiger partial charge in [-0.1, -0.05) is 48.0 Å². The summed E-state index contributed by atoms with van der Waals surface area (Å²) in [7, 11) is 0. The number of rotatable bonds is 7. The van der Waals surface area contributed by atoms with Crippen molar-refractivity contribution in [2.45, 2.75) is 65.2 Å². The van der Waals surface area contributed by atoms with Crippen molar-refractivity contribution >= 4 is 5.78 Å². The second-order valence-corrected chi connectivity index (χ2v) is 8.13. The van der Waals surface area contributed by atoms with Crippen molar-refractivity contribution in [3.8, 4) is 0 Å². The molecule has 0 saturated carbocycles. The Kier molecular flexibility index (Phi) is 6.66. The third-order valence-corrected chi connectivity index (χ3v) is 5.92. The molecule has 0 bridgehead atoms. The second-order valence-electron chi connectivity index (χ2n) is 8.13. The molecule has 0 aliphatic heterocycles. The molecule has 1 unspecified atom stereocenters. The summed E-state index contributed by atoms with van der Waals surface area (Å²) >= 11 is 0. The van der Waals surface area contributed by atoms with Crippen molar-refractivity contribution in [2.75, 3.05) is 0 Å². The molecule has 0 spiro atoms. The number of benzene rings is 2. The van der Waals surface area contributed by atoms with Crippen molar-refractivity contribution in [3.05, 3.63) is 82.4 Å². The summed E-state index contributed by atoms with van der Waals surface area (Å²) in [5.41, 5.74) is 8.38. The number of allylic oxidation sites excluding steroid dienone is 1. The average molecular weight is 361 g/mol. The van der Waals surface area contributed by atoms with Crippen LogP contribution >= 0.6 is 0 Å². The summed E-state index contributed by atoms with van der Waals surface area (Å²) in [6.07, 6.45) is 9.89. The number of carbonyl (C=O) groups excluding carboxylic acids is 1. The summed E-state index contributed by atoms with van der Waals surface area (Å²) in [5, 5.41) is 0. The number of unbranched alkanes of at least 4 members (excludes halogenated alkanes) is 1. The van der Waals surface area contributed by atoms with Crippen LogP contribution in [-0.4, -0.2) is 5.78 Å². The van der Waals surface area contributed by atoms with Gasteiger partial charge in [0.15, 0.2) is 0 Å². The minimum atomic E-state index is 0.128. The zero-order valence-corrected chi connectivity index (χ0v) is 16.9. The molecule has 0 saturated heterocycles. The Labute approximate surface area is 164 Å². The lowest BCUT2D eigenvalue weighted by Crippen LogP contribution is -2.14. The van der Waals surface area contributed by atoms with Crippen molar-refractivity contribution < 1.29 is 4.79 Å². The number of hydrogen-bond donors (Lipinski definition) is 0. The van der Waals surface area contributed by atoms with E-state index in [0.717, 1.165) is 32.1 Å². The minimum absolute atomic E-state index is 0.128. The quantitative estimate of drug-likeness (QED) is 0.330. The van der Waals surface area contributed by atoms with E-state index in [4.69, 9.17) is 0 Å². The normalized spacial score (nSPS) is 16.7. The lowest BCUT2D eigenvalue weighted by Gasteiger charge is -2.15. The van der Waals surface area contributed by atoms with Crippen LogP contribution in [0.1, 0.15) is 59.1 Å². The van der Waals surface area contributed by atoms with E-state index in [2.05, 4.69) is 56.8 Å². The van der Waals surface area contributed by atoms with Crippen LogP contribution in [0.25, 0.3) is 0 Å². The van der Waals surface area contributed by atoms with Gasteiger partial charge in [-0.2, -0.15) is 0 Å². The summed E-state index contributed by atoms with van der Waals surface area (Å²) < 4.78 is 0. The molecule has 2 aromatic carbocycles. The molecule has 27 heavy (non-hydrogen) atoms. The van der Waals surface area contributed by atoms with Crippen LogP contribution in [-0.2, 0) is 30.5 Å². The van der Waals surface area contributed by atoms with Gasteiger partial charge in [-0.3, -0.25) is 4.79 Å². The van der Waals surface area contributed by atoms with Gasteiger partial charge in [-0.25, -0.2) is 0 Å². The number of aryl methyl sites for hydroxylation is 5. The molecule has 0 N–H and O–H groups in total. The topological polar surface area (TPSA) is 17.1 Å². The summed E-state index contributed by atoms with van der Waals surface area (Å²) in [5.74, 6) is 0.535. The Balaban J connectivity index is 1.61. The molecule has 1 heteroatoms. The molecular formula is C26H32O. The third-order valence-electron chi connectivity index (χ3n) is 5.92. The smallest absolute Gasteiger partial charge is 0.136 e. The van der Waals surface area contributed by atoms with E-state index in [0.29, 0.717) is 12.2 Å². The molecule has 0 amide bonds. The van der Waals surface area contributed by atoms with Gasteiger partial charge in [0.05, 0.1) is 0 Å². The van der Waals surface area contributed by atoms with E-state index in [-0.39, 0.29) is 5.92 Å². The minimum Gasteiger partial charge on any atom is -0.299 e. The van der Waals surface area contributed by atoms with E-state index in [1.54, 1.807) is 0 Å². The molecule has 142 valence electrons. The average Bonchev–Trinajstić information content (AvgIpc) is 2.81. The standard InChI is InChI=1S/C26H32O/c1-4-7-24-18-25-20(3)16-22(17-23(25)14-15-26(24)27)9-6-5-8-21-12-10-19(2)11-13-21/h4,10-13,16-17,24H,1,5-9,14-15,18H2,2-3H3. The zero-order chi connectivity index (χ0) is 19.2. The zero-order valence-electron chi connectivity index (χ0n) is 16.9. The molecule has 0 fully saturated rings. The van der Waals surface area contributed by atoms with Crippen LogP contribution in [0.3, 0.4) is 0 Å². The highest BCUT2D eigenvalue weighted by molar-refractivity contribution is 5.82. The van der Waals surface area contributed by atoms with E-state index in [1.807, 2.05) is 6.08 Å². The maximum absolute atomic E-state index is 12.4. The SMILES string of the molecule is C=CCC1Cc2c(C)cc(CCCCc3ccc(C)cc3)cc2CCC1=O. The lowest BCUT2D eigenvalue weighted by molar-refractivity contribution is -0.122. The second kappa shape index (κ2) is 9.17. The number of hydrogen-bond acceptors (Lipinski definition) is 1. The lowest BCUT2D eigenvalue weighted by atomic mass is 9.89. The molecule has 1 aliphatic carbocycles. The van der Waals surface area contributed by atoms with Crippen LogP contribution in [0.15, 0.2) is 49.1 Å². The maximum atomic E-state index is 12.4. The first kappa shape index (κ1) is 19.6. The third kappa shape index (κ3) is 5.19. The van der Waals surface area contributed by atoms with Crippen molar-refractivity contribution in [2.24, 2.45) is 5.92 Å². The van der Waals surface area contributed by atoms with Crippen LogP contribution in [0.2, 0.25) is 0 Å². The highest BCUT2D eigenvalue weighted by atomic mass is 16.1. The number of fused-ring (bicyclic) bond motifs is 1. The molecule has 1 aliphatic rings. The monoisotopic (exact) mass is 360 g/mol. The molecular weight excluding hydrogens is 328 g/mol. The Morgan fingerprint density at radius 1 is 1.00 bits per heavy atom. The van der Waals surface area contributed by atoms with Crippen LogP contribution < -0.4 is 0 Å². The molecule has 2 aromatic rings. The van der Waals surface area contributed by atoms with E-state index in [1.165, 1.54) is 46.2 Å². The van der Waals surface area contributed by atoms with Crippen LogP contribution in [0.4, 0.5) is 0 Å². The molecule has 1 atom stereocenters. The Bertz CT molecular complexity index is 798. The van der Waals surface area contributed by atoms with Gasteiger partial charge in [0.1, 0.15) is 5.78 Å². The fraction of sp³-hybridized carbons (Fsp3) is 0.423.